The monoisotopic (exact) mass is 339 g/mol. The summed E-state index contributed by atoms with van der Waals surface area (Å²) in [6, 6.07) is 13.8. The summed E-state index contributed by atoms with van der Waals surface area (Å²) in [5.41, 5.74) is 1.23. The number of hydrogen-bond acceptors (Lipinski definition) is 5. The fraction of sp³-hybridized carbons (Fsp3) is 0.400. The molecule has 1 aliphatic rings. The van der Waals surface area contributed by atoms with Gasteiger partial charge in [-0.3, -0.25) is 14.7 Å². The molecule has 1 aliphatic heterocycles. The van der Waals surface area contributed by atoms with Crippen molar-refractivity contribution in [1.82, 2.24) is 9.88 Å². The van der Waals surface area contributed by atoms with Gasteiger partial charge < -0.3 is 9.64 Å². The van der Waals surface area contributed by atoms with Crippen molar-refractivity contribution in [2.75, 3.05) is 31.1 Å². The molecule has 132 valence electrons. The Bertz CT molecular complexity index is 663. The van der Waals surface area contributed by atoms with Gasteiger partial charge in [0.2, 0.25) is 0 Å². The molecule has 1 fully saturated rings. The van der Waals surface area contributed by atoms with Crippen molar-refractivity contribution < 1.29 is 9.53 Å². The topological polar surface area (TPSA) is 45.7 Å². The average molecular weight is 339 g/mol. The number of pyridine rings is 1. The third kappa shape index (κ3) is 5.03. The van der Waals surface area contributed by atoms with Gasteiger partial charge in [-0.25, -0.2) is 0 Å². The Labute approximate surface area is 149 Å². The SMILES string of the molecule is CC1CN(c2ccncc2)CCN1CCCC(=O)Oc1ccccc1. The van der Waals surface area contributed by atoms with Gasteiger partial charge in [0, 0.05) is 50.2 Å². The van der Waals surface area contributed by atoms with E-state index < -0.39 is 0 Å². The Kier molecular flexibility index (Phi) is 6.01. The Morgan fingerprint density at radius 3 is 2.64 bits per heavy atom. The first kappa shape index (κ1) is 17.4. The zero-order chi connectivity index (χ0) is 17.5. The molecule has 1 aromatic carbocycles. The summed E-state index contributed by atoms with van der Waals surface area (Å²) in [4.78, 5) is 20.8. The molecule has 0 amide bonds. The molecular formula is C20H25N3O2. The van der Waals surface area contributed by atoms with Crippen LogP contribution in [0, 0.1) is 0 Å². The van der Waals surface area contributed by atoms with Gasteiger partial charge in [0.25, 0.3) is 0 Å². The van der Waals surface area contributed by atoms with Gasteiger partial charge in [0.15, 0.2) is 0 Å². The summed E-state index contributed by atoms with van der Waals surface area (Å²) >= 11 is 0. The standard InChI is InChI=1S/C20H25N3O2/c1-17-16-23(18-9-11-21-12-10-18)15-14-22(17)13-5-8-20(24)25-19-6-3-2-4-7-19/h2-4,6-7,9-12,17H,5,8,13-16H2,1H3. The van der Waals surface area contributed by atoms with Gasteiger partial charge in [0.05, 0.1) is 0 Å². The van der Waals surface area contributed by atoms with Gasteiger partial charge in [-0.1, -0.05) is 18.2 Å². The Morgan fingerprint density at radius 1 is 1.16 bits per heavy atom. The molecule has 2 aromatic rings. The normalized spacial score (nSPS) is 18.1. The molecule has 25 heavy (non-hydrogen) atoms. The molecule has 0 saturated carbocycles. The minimum absolute atomic E-state index is 0.158. The predicted molar refractivity (Wildman–Crippen MR) is 98.8 cm³/mol. The summed E-state index contributed by atoms with van der Waals surface area (Å²) in [5, 5.41) is 0. The number of nitrogens with zero attached hydrogens (tertiary/aromatic N) is 3. The number of carbonyl (C=O) groups is 1. The van der Waals surface area contributed by atoms with Crippen LogP contribution in [0.5, 0.6) is 5.75 Å². The van der Waals surface area contributed by atoms with Crippen LogP contribution in [0.15, 0.2) is 54.9 Å². The summed E-state index contributed by atoms with van der Waals surface area (Å²) in [6.07, 6.45) is 4.95. The number of anilines is 1. The summed E-state index contributed by atoms with van der Waals surface area (Å²) in [5.74, 6) is 0.459. The lowest BCUT2D eigenvalue weighted by Gasteiger charge is -2.41. The minimum atomic E-state index is -0.158. The van der Waals surface area contributed by atoms with E-state index in [1.807, 2.05) is 30.6 Å². The second kappa shape index (κ2) is 8.62. The van der Waals surface area contributed by atoms with E-state index in [2.05, 4.69) is 33.8 Å². The first-order valence-corrected chi connectivity index (χ1v) is 8.87. The van der Waals surface area contributed by atoms with Crippen molar-refractivity contribution in [3.8, 4) is 5.75 Å². The van der Waals surface area contributed by atoms with E-state index in [-0.39, 0.29) is 5.97 Å². The van der Waals surface area contributed by atoms with E-state index in [0.717, 1.165) is 32.6 Å². The third-order valence-corrected chi connectivity index (χ3v) is 4.59. The van der Waals surface area contributed by atoms with E-state index in [1.165, 1.54) is 5.69 Å². The lowest BCUT2D eigenvalue weighted by Crippen LogP contribution is -2.52. The number of esters is 1. The van der Waals surface area contributed by atoms with Gasteiger partial charge in [-0.2, -0.15) is 0 Å². The highest BCUT2D eigenvalue weighted by Crippen LogP contribution is 2.18. The number of para-hydroxylation sites is 1. The highest BCUT2D eigenvalue weighted by Gasteiger charge is 2.23. The van der Waals surface area contributed by atoms with Crippen molar-refractivity contribution in [1.29, 1.82) is 0 Å². The van der Waals surface area contributed by atoms with Crippen LogP contribution in [0.25, 0.3) is 0 Å². The molecule has 1 unspecified atom stereocenters. The molecule has 0 aliphatic carbocycles. The first-order valence-electron chi connectivity index (χ1n) is 8.87. The maximum absolute atomic E-state index is 11.9. The fourth-order valence-electron chi connectivity index (χ4n) is 3.21. The minimum Gasteiger partial charge on any atom is -0.427 e. The number of hydrogen-bond donors (Lipinski definition) is 0. The second-order valence-electron chi connectivity index (χ2n) is 6.43. The first-order chi connectivity index (χ1) is 12.2. The lowest BCUT2D eigenvalue weighted by atomic mass is 10.1. The van der Waals surface area contributed by atoms with Gasteiger partial charge >= 0.3 is 5.97 Å². The van der Waals surface area contributed by atoms with Crippen molar-refractivity contribution in [2.45, 2.75) is 25.8 Å². The number of piperazine rings is 1. The molecule has 1 aromatic heterocycles. The number of benzene rings is 1. The Balaban J connectivity index is 1.40. The summed E-state index contributed by atoms with van der Waals surface area (Å²) in [6.45, 7) is 6.18. The van der Waals surface area contributed by atoms with Crippen molar-refractivity contribution >= 4 is 11.7 Å². The average Bonchev–Trinajstić information content (AvgIpc) is 2.64. The van der Waals surface area contributed by atoms with Crippen molar-refractivity contribution in [3.63, 3.8) is 0 Å². The van der Waals surface area contributed by atoms with Crippen LogP contribution in [0.3, 0.4) is 0 Å². The zero-order valence-corrected chi connectivity index (χ0v) is 14.7. The maximum atomic E-state index is 11.9. The van der Waals surface area contributed by atoms with Gasteiger partial charge in [-0.15, -0.1) is 0 Å². The van der Waals surface area contributed by atoms with Crippen LogP contribution in [-0.2, 0) is 4.79 Å². The van der Waals surface area contributed by atoms with E-state index >= 15 is 0 Å². The Hall–Kier alpha value is -2.40. The molecule has 5 heteroatoms. The zero-order valence-electron chi connectivity index (χ0n) is 14.7. The highest BCUT2D eigenvalue weighted by atomic mass is 16.5. The summed E-state index contributed by atoms with van der Waals surface area (Å²) < 4.78 is 5.33. The number of aromatic nitrogens is 1. The fourth-order valence-corrected chi connectivity index (χ4v) is 3.21. The van der Waals surface area contributed by atoms with Crippen LogP contribution in [-0.4, -0.2) is 48.1 Å². The molecule has 0 bridgehead atoms. The molecule has 1 saturated heterocycles. The quantitative estimate of drug-likeness (QED) is 0.598. The Morgan fingerprint density at radius 2 is 1.92 bits per heavy atom. The molecule has 3 rings (SSSR count). The summed E-state index contributed by atoms with van der Waals surface area (Å²) in [7, 11) is 0. The smallest absolute Gasteiger partial charge is 0.311 e. The van der Waals surface area contributed by atoms with E-state index in [1.54, 1.807) is 12.1 Å². The van der Waals surface area contributed by atoms with Crippen LogP contribution >= 0.6 is 0 Å². The molecule has 0 N–H and O–H groups in total. The largest absolute Gasteiger partial charge is 0.427 e. The van der Waals surface area contributed by atoms with Crippen molar-refractivity contribution in [2.24, 2.45) is 0 Å². The number of carbonyl (C=O) groups excluding carboxylic acids is 1. The van der Waals surface area contributed by atoms with Gasteiger partial charge in [0.1, 0.15) is 5.75 Å². The second-order valence-corrected chi connectivity index (χ2v) is 6.43. The molecule has 0 radical (unpaired) electrons. The van der Waals surface area contributed by atoms with Crippen LogP contribution in [0.4, 0.5) is 5.69 Å². The van der Waals surface area contributed by atoms with E-state index in [4.69, 9.17) is 4.74 Å². The molecule has 1 atom stereocenters. The predicted octanol–water partition coefficient (Wildman–Crippen LogP) is 2.98. The third-order valence-electron chi connectivity index (χ3n) is 4.59. The highest BCUT2D eigenvalue weighted by molar-refractivity contribution is 5.72. The molecule has 0 spiro atoms. The van der Waals surface area contributed by atoms with Crippen molar-refractivity contribution in [3.05, 3.63) is 54.9 Å². The number of ether oxygens (including phenoxy) is 1. The van der Waals surface area contributed by atoms with Crippen LogP contribution in [0.2, 0.25) is 0 Å². The lowest BCUT2D eigenvalue weighted by molar-refractivity contribution is -0.134. The van der Waals surface area contributed by atoms with Crippen LogP contribution < -0.4 is 9.64 Å². The van der Waals surface area contributed by atoms with E-state index in [0.29, 0.717) is 18.2 Å². The van der Waals surface area contributed by atoms with E-state index in [9.17, 15) is 4.79 Å². The molecule has 5 nitrogen and oxygen atoms in total. The molecule has 2 heterocycles. The van der Waals surface area contributed by atoms with Crippen LogP contribution in [0.1, 0.15) is 19.8 Å². The number of rotatable bonds is 6. The van der Waals surface area contributed by atoms with Gasteiger partial charge in [-0.05, 0) is 44.2 Å². The maximum Gasteiger partial charge on any atom is 0.311 e. The molecular weight excluding hydrogens is 314 g/mol.